The van der Waals surface area contributed by atoms with Gasteiger partial charge < -0.3 is 10.2 Å². The minimum atomic E-state index is -0.0110. The van der Waals surface area contributed by atoms with Crippen molar-refractivity contribution in [1.82, 2.24) is 0 Å². The molecule has 0 spiro atoms. The van der Waals surface area contributed by atoms with Crippen LogP contribution in [0.25, 0.3) is 22.3 Å². The molecule has 0 atom stereocenters. The lowest BCUT2D eigenvalue weighted by atomic mass is 9.94. The van der Waals surface area contributed by atoms with Gasteiger partial charge in [-0.1, -0.05) is 24.3 Å². The summed E-state index contributed by atoms with van der Waals surface area (Å²) in [5.41, 5.74) is 5.79. The summed E-state index contributed by atoms with van der Waals surface area (Å²) in [6, 6.07) is 14.3. The average molecular weight is 314 g/mol. The number of fused-ring (bicyclic) bond motifs is 2. The number of aromatic hydroxyl groups is 2. The van der Waals surface area contributed by atoms with Gasteiger partial charge in [0.2, 0.25) is 0 Å². The van der Waals surface area contributed by atoms with E-state index in [1.165, 1.54) is 6.07 Å². The minimum Gasteiger partial charge on any atom is -0.507 e. The maximum absolute atomic E-state index is 10.3. The summed E-state index contributed by atoms with van der Waals surface area (Å²) in [5.74, 6) is -0.0220. The lowest BCUT2D eigenvalue weighted by Gasteiger charge is -2.17. The summed E-state index contributed by atoms with van der Waals surface area (Å²) in [7, 11) is 0. The quantitative estimate of drug-likeness (QED) is 0.425. The van der Waals surface area contributed by atoms with Crippen molar-refractivity contribution in [3.8, 4) is 33.8 Å². The molecule has 0 aliphatic carbocycles. The van der Waals surface area contributed by atoms with Crippen molar-refractivity contribution in [2.75, 3.05) is 0 Å². The van der Waals surface area contributed by atoms with Gasteiger partial charge in [-0.2, -0.15) is 0 Å². The Kier molecular flexibility index (Phi) is 2.42. The summed E-state index contributed by atoms with van der Waals surface area (Å²) >= 11 is 0. The molecule has 3 aromatic rings. The molecule has 114 valence electrons. The monoisotopic (exact) mass is 314 g/mol. The molecule has 2 heterocycles. The molecule has 0 fully saturated rings. The van der Waals surface area contributed by atoms with Crippen molar-refractivity contribution < 1.29 is 10.2 Å². The molecule has 0 amide bonds. The maximum Gasteiger partial charge on any atom is 0.127 e. The van der Waals surface area contributed by atoms with Crippen LogP contribution in [0.1, 0.15) is 0 Å². The first-order chi connectivity index (χ1) is 11.7. The molecule has 0 saturated carbocycles. The van der Waals surface area contributed by atoms with Crippen molar-refractivity contribution in [2.45, 2.75) is 0 Å². The molecule has 2 N–H and O–H groups in total. The van der Waals surface area contributed by atoms with E-state index in [1.54, 1.807) is 6.07 Å². The van der Waals surface area contributed by atoms with E-state index in [0.29, 0.717) is 11.1 Å². The normalized spacial score (nSPS) is 13.0. The molecule has 0 radical (unpaired) electrons. The highest BCUT2D eigenvalue weighted by molar-refractivity contribution is 5.94. The fourth-order valence-corrected chi connectivity index (χ4v) is 3.00. The van der Waals surface area contributed by atoms with Crippen LogP contribution in [-0.2, 0) is 0 Å². The SMILES string of the molecule is Oc1cc(O)c(-c2cccc3c2N=N3)cc1-c1cccc2c1N=N2. The number of hydrogen-bond donors (Lipinski definition) is 2. The van der Waals surface area contributed by atoms with Crippen LogP contribution in [0, 0.1) is 0 Å². The highest BCUT2D eigenvalue weighted by Crippen LogP contribution is 2.52. The smallest absolute Gasteiger partial charge is 0.127 e. The average Bonchev–Trinajstić information content (AvgIpc) is 2.50. The number of benzene rings is 3. The van der Waals surface area contributed by atoms with E-state index < -0.39 is 0 Å². The standard InChI is InChI=1S/C18H10N4O2/c23-15-8-16(24)12(10-4-2-6-14-18(10)22-20-14)7-11(15)9-3-1-5-13-17(9)21-19-13/h1-8,23-24H. The van der Waals surface area contributed by atoms with E-state index in [0.717, 1.165) is 33.9 Å². The molecule has 2 aliphatic heterocycles. The first-order valence-corrected chi connectivity index (χ1v) is 7.38. The van der Waals surface area contributed by atoms with Gasteiger partial charge in [0.25, 0.3) is 0 Å². The van der Waals surface area contributed by atoms with Gasteiger partial charge in [-0.3, -0.25) is 0 Å². The Balaban J connectivity index is 1.74. The third-order valence-corrected chi connectivity index (χ3v) is 4.24. The molecule has 0 unspecified atom stereocenters. The Labute approximate surface area is 136 Å². The second-order valence-electron chi connectivity index (χ2n) is 5.63. The Morgan fingerprint density at radius 2 is 1.04 bits per heavy atom. The van der Waals surface area contributed by atoms with Crippen LogP contribution in [0.5, 0.6) is 11.5 Å². The minimum absolute atomic E-state index is 0.0110. The molecule has 0 aromatic heterocycles. The topological polar surface area (TPSA) is 89.9 Å². The van der Waals surface area contributed by atoms with Gasteiger partial charge in [-0.15, -0.1) is 20.5 Å². The van der Waals surface area contributed by atoms with Gasteiger partial charge in [-0.25, -0.2) is 0 Å². The summed E-state index contributed by atoms with van der Waals surface area (Å²) in [5, 5.41) is 36.6. The fourth-order valence-electron chi connectivity index (χ4n) is 3.00. The zero-order chi connectivity index (χ0) is 16.3. The first-order valence-electron chi connectivity index (χ1n) is 7.38. The van der Waals surface area contributed by atoms with E-state index in [9.17, 15) is 10.2 Å². The first kappa shape index (κ1) is 13.0. The summed E-state index contributed by atoms with van der Waals surface area (Å²) < 4.78 is 0. The third kappa shape index (κ3) is 1.65. The molecule has 6 heteroatoms. The zero-order valence-electron chi connectivity index (χ0n) is 12.3. The molecule has 5 rings (SSSR count). The lowest BCUT2D eigenvalue weighted by molar-refractivity contribution is 0.453. The van der Waals surface area contributed by atoms with Crippen molar-refractivity contribution in [3.05, 3.63) is 48.5 Å². The predicted octanol–water partition coefficient (Wildman–Crippen LogP) is 5.89. The third-order valence-electron chi connectivity index (χ3n) is 4.24. The van der Waals surface area contributed by atoms with E-state index in [4.69, 9.17) is 0 Å². The van der Waals surface area contributed by atoms with E-state index >= 15 is 0 Å². The van der Waals surface area contributed by atoms with Crippen LogP contribution in [0.3, 0.4) is 0 Å². The number of phenolic OH excluding ortho intramolecular Hbond substituents is 2. The van der Waals surface area contributed by atoms with E-state index in [-0.39, 0.29) is 11.5 Å². The molecule has 24 heavy (non-hydrogen) atoms. The van der Waals surface area contributed by atoms with Gasteiger partial charge >= 0.3 is 0 Å². The number of azo groups is 2. The van der Waals surface area contributed by atoms with Crippen LogP contribution in [0.15, 0.2) is 69.0 Å². The number of nitrogens with zero attached hydrogens (tertiary/aromatic N) is 4. The summed E-state index contributed by atoms with van der Waals surface area (Å²) in [6.45, 7) is 0. The van der Waals surface area contributed by atoms with Gasteiger partial charge in [0, 0.05) is 28.3 Å². The van der Waals surface area contributed by atoms with Gasteiger partial charge in [0.15, 0.2) is 0 Å². The van der Waals surface area contributed by atoms with Gasteiger partial charge in [0.1, 0.15) is 34.2 Å². The van der Waals surface area contributed by atoms with Crippen molar-refractivity contribution in [2.24, 2.45) is 20.5 Å². The number of phenols is 2. The zero-order valence-corrected chi connectivity index (χ0v) is 12.3. The molecule has 0 bridgehead atoms. The highest BCUT2D eigenvalue weighted by atomic mass is 16.3. The predicted molar refractivity (Wildman–Crippen MR) is 89.0 cm³/mol. The summed E-state index contributed by atoms with van der Waals surface area (Å²) in [6.07, 6.45) is 0. The van der Waals surface area contributed by atoms with Crippen molar-refractivity contribution >= 4 is 22.7 Å². The molecule has 0 saturated heterocycles. The maximum atomic E-state index is 10.3. The Bertz CT molecular complexity index is 1000. The lowest BCUT2D eigenvalue weighted by Crippen LogP contribution is -1.89. The Morgan fingerprint density at radius 3 is 1.46 bits per heavy atom. The van der Waals surface area contributed by atoms with E-state index in [2.05, 4.69) is 20.5 Å². The summed E-state index contributed by atoms with van der Waals surface area (Å²) in [4.78, 5) is 0. The van der Waals surface area contributed by atoms with Gasteiger partial charge in [-0.05, 0) is 18.2 Å². The second kappa shape index (κ2) is 4.48. The number of hydrogen-bond acceptors (Lipinski definition) is 6. The van der Waals surface area contributed by atoms with Crippen molar-refractivity contribution in [3.63, 3.8) is 0 Å². The second-order valence-corrected chi connectivity index (χ2v) is 5.63. The molecule has 6 nitrogen and oxygen atoms in total. The molecule has 3 aromatic carbocycles. The Hall–Kier alpha value is -3.54. The fraction of sp³-hybridized carbons (Fsp3) is 0. The molecular weight excluding hydrogens is 304 g/mol. The van der Waals surface area contributed by atoms with Crippen LogP contribution in [0.4, 0.5) is 22.7 Å². The largest absolute Gasteiger partial charge is 0.507 e. The molecule has 2 aliphatic rings. The highest BCUT2D eigenvalue weighted by Gasteiger charge is 2.22. The Morgan fingerprint density at radius 1 is 0.542 bits per heavy atom. The van der Waals surface area contributed by atoms with Gasteiger partial charge in [0.05, 0.1) is 0 Å². The van der Waals surface area contributed by atoms with Crippen LogP contribution in [-0.4, -0.2) is 10.2 Å². The van der Waals surface area contributed by atoms with Crippen LogP contribution < -0.4 is 0 Å². The van der Waals surface area contributed by atoms with Crippen LogP contribution in [0.2, 0.25) is 0 Å². The van der Waals surface area contributed by atoms with Crippen LogP contribution >= 0.6 is 0 Å². The molecular formula is C18H10N4O2. The van der Waals surface area contributed by atoms with E-state index in [1.807, 2.05) is 36.4 Å². The van der Waals surface area contributed by atoms with Crippen molar-refractivity contribution in [1.29, 1.82) is 0 Å². The number of rotatable bonds is 2.